The van der Waals surface area contributed by atoms with Gasteiger partial charge in [-0.1, -0.05) is 12.1 Å². The molecule has 0 radical (unpaired) electrons. The summed E-state index contributed by atoms with van der Waals surface area (Å²) < 4.78 is 7.91. The first-order chi connectivity index (χ1) is 19.2. The van der Waals surface area contributed by atoms with E-state index in [-0.39, 0.29) is 0 Å². The second-order valence-corrected chi connectivity index (χ2v) is 10.9. The molecule has 204 valence electrons. The number of carbonyl (C=O) groups is 1. The topological polar surface area (TPSA) is 95.4 Å². The number of piperidine rings is 1. The van der Waals surface area contributed by atoms with E-state index in [1.807, 2.05) is 6.20 Å². The van der Waals surface area contributed by atoms with Crippen LogP contribution in [-0.4, -0.2) is 92.2 Å². The van der Waals surface area contributed by atoms with E-state index in [9.17, 15) is 4.79 Å². The molecule has 0 bridgehead atoms. The largest absolute Gasteiger partial charge is 0.378 e. The van der Waals surface area contributed by atoms with Crippen LogP contribution in [0.15, 0.2) is 30.5 Å². The molecule has 0 aliphatic carbocycles. The van der Waals surface area contributed by atoms with Crippen LogP contribution in [-0.2, 0) is 22.6 Å². The Bertz CT molecular complexity index is 1500. The van der Waals surface area contributed by atoms with Gasteiger partial charge in [-0.2, -0.15) is 0 Å². The lowest BCUT2D eigenvalue weighted by Crippen LogP contribution is -2.45. The summed E-state index contributed by atoms with van der Waals surface area (Å²) in [5.41, 5.74) is 3.86. The minimum atomic E-state index is 0.335. The summed E-state index contributed by atoms with van der Waals surface area (Å²) in [5.74, 6) is 2.99. The van der Waals surface area contributed by atoms with E-state index in [1.54, 1.807) is 0 Å². The predicted octanol–water partition coefficient (Wildman–Crippen LogP) is 3.42. The maximum Gasteiger partial charge on any atom is 0.222 e. The van der Waals surface area contributed by atoms with Gasteiger partial charge in [0.05, 0.1) is 19.8 Å². The fourth-order valence-electron chi connectivity index (χ4n) is 6.53. The lowest BCUT2D eigenvalue weighted by molar-refractivity contribution is -0.130. The SMILES string of the molecule is CCn1c(CN2CCC(N3CCCC3=O)CC2)nc2c(N3CCOCC3)nc(-c3cccc4[nH]ccc34)nc21. The third kappa shape index (κ3) is 4.45. The van der Waals surface area contributed by atoms with Gasteiger partial charge in [0.1, 0.15) is 5.82 Å². The molecule has 3 fully saturated rings. The van der Waals surface area contributed by atoms with Gasteiger partial charge in [0.25, 0.3) is 0 Å². The second kappa shape index (κ2) is 10.2. The number of carbonyl (C=O) groups excluding carboxylic acids is 1. The molecule has 10 heteroatoms. The molecular weight excluding hydrogens is 492 g/mol. The number of amides is 1. The Hall–Kier alpha value is -3.50. The molecule has 3 aliphatic rings. The number of likely N-dealkylation sites (tertiary alicyclic amines) is 2. The van der Waals surface area contributed by atoms with Crippen molar-refractivity contribution in [3.63, 3.8) is 0 Å². The zero-order chi connectivity index (χ0) is 26.3. The van der Waals surface area contributed by atoms with E-state index in [4.69, 9.17) is 19.7 Å². The molecule has 1 amide bonds. The lowest BCUT2D eigenvalue weighted by atomic mass is 10.0. The van der Waals surface area contributed by atoms with Crippen LogP contribution in [0.1, 0.15) is 38.4 Å². The van der Waals surface area contributed by atoms with E-state index in [2.05, 4.69) is 55.4 Å². The zero-order valence-corrected chi connectivity index (χ0v) is 22.6. The number of ether oxygens (including phenoxy) is 1. The zero-order valence-electron chi connectivity index (χ0n) is 22.6. The van der Waals surface area contributed by atoms with Crippen molar-refractivity contribution in [2.75, 3.05) is 50.8 Å². The molecule has 3 saturated heterocycles. The predicted molar refractivity (Wildman–Crippen MR) is 151 cm³/mol. The Balaban J connectivity index is 1.24. The van der Waals surface area contributed by atoms with Gasteiger partial charge in [-0.3, -0.25) is 9.69 Å². The van der Waals surface area contributed by atoms with Gasteiger partial charge in [-0.15, -0.1) is 0 Å². The van der Waals surface area contributed by atoms with Crippen LogP contribution >= 0.6 is 0 Å². The molecule has 0 spiro atoms. The van der Waals surface area contributed by atoms with Gasteiger partial charge in [0.15, 0.2) is 22.8 Å². The van der Waals surface area contributed by atoms with Crippen molar-refractivity contribution in [1.29, 1.82) is 0 Å². The van der Waals surface area contributed by atoms with E-state index in [0.717, 1.165) is 110 Å². The van der Waals surface area contributed by atoms with Crippen LogP contribution < -0.4 is 4.90 Å². The summed E-state index contributed by atoms with van der Waals surface area (Å²) in [6.07, 6.45) is 5.75. The number of anilines is 1. The van der Waals surface area contributed by atoms with Crippen molar-refractivity contribution in [3.8, 4) is 11.4 Å². The number of H-pyrrole nitrogens is 1. The maximum absolute atomic E-state index is 12.3. The molecule has 4 aromatic rings. The average Bonchev–Trinajstić information content (AvgIpc) is 3.71. The van der Waals surface area contributed by atoms with E-state index >= 15 is 0 Å². The molecule has 3 aromatic heterocycles. The summed E-state index contributed by atoms with van der Waals surface area (Å²) in [6.45, 7) is 9.56. The van der Waals surface area contributed by atoms with Gasteiger partial charge >= 0.3 is 0 Å². The fraction of sp³-hybridized carbons (Fsp3) is 0.517. The fourth-order valence-corrected chi connectivity index (χ4v) is 6.53. The van der Waals surface area contributed by atoms with Crippen molar-refractivity contribution in [1.82, 2.24) is 34.3 Å². The van der Waals surface area contributed by atoms with Crippen molar-refractivity contribution in [2.45, 2.75) is 51.7 Å². The summed E-state index contributed by atoms with van der Waals surface area (Å²) >= 11 is 0. The minimum absolute atomic E-state index is 0.335. The van der Waals surface area contributed by atoms with E-state index < -0.39 is 0 Å². The molecule has 1 aromatic carbocycles. The molecule has 0 unspecified atom stereocenters. The number of benzene rings is 1. The number of hydrogen-bond donors (Lipinski definition) is 1. The van der Waals surface area contributed by atoms with Gasteiger partial charge < -0.3 is 24.1 Å². The first-order valence-electron chi connectivity index (χ1n) is 14.4. The number of nitrogens with zero attached hydrogens (tertiary/aromatic N) is 7. The van der Waals surface area contributed by atoms with Gasteiger partial charge in [0.2, 0.25) is 5.91 Å². The number of hydrogen-bond acceptors (Lipinski definition) is 7. The Morgan fingerprint density at radius 2 is 1.87 bits per heavy atom. The summed E-state index contributed by atoms with van der Waals surface area (Å²) in [6, 6.07) is 8.71. The van der Waals surface area contributed by atoms with Gasteiger partial charge in [0, 0.05) is 74.4 Å². The van der Waals surface area contributed by atoms with Crippen LogP contribution in [0.5, 0.6) is 0 Å². The number of aryl methyl sites for hydroxylation is 1. The number of aromatic nitrogens is 5. The highest BCUT2D eigenvalue weighted by Crippen LogP contribution is 2.32. The second-order valence-electron chi connectivity index (χ2n) is 10.9. The van der Waals surface area contributed by atoms with Crippen LogP contribution in [0.4, 0.5) is 5.82 Å². The van der Waals surface area contributed by atoms with Crippen LogP contribution in [0.2, 0.25) is 0 Å². The normalized spacial score (nSPS) is 19.7. The first-order valence-corrected chi connectivity index (χ1v) is 14.4. The first kappa shape index (κ1) is 24.5. The molecule has 3 aliphatic heterocycles. The van der Waals surface area contributed by atoms with Gasteiger partial charge in [-0.05, 0) is 38.3 Å². The van der Waals surface area contributed by atoms with Gasteiger partial charge in [-0.25, -0.2) is 15.0 Å². The molecule has 1 N–H and O–H groups in total. The quantitative estimate of drug-likeness (QED) is 0.410. The highest BCUT2D eigenvalue weighted by Gasteiger charge is 2.31. The lowest BCUT2D eigenvalue weighted by Gasteiger charge is -2.36. The molecule has 0 atom stereocenters. The summed E-state index contributed by atoms with van der Waals surface area (Å²) in [4.78, 5) is 37.9. The maximum atomic E-state index is 12.3. The third-order valence-electron chi connectivity index (χ3n) is 8.59. The Morgan fingerprint density at radius 3 is 2.64 bits per heavy atom. The Labute approximate surface area is 228 Å². The number of nitrogens with one attached hydrogen (secondary N) is 1. The molecule has 7 rings (SSSR count). The number of morpholine rings is 1. The third-order valence-corrected chi connectivity index (χ3v) is 8.59. The highest BCUT2D eigenvalue weighted by atomic mass is 16.5. The number of imidazole rings is 1. The number of fused-ring (bicyclic) bond motifs is 2. The minimum Gasteiger partial charge on any atom is -0.378 e. The number of aromatic amines is 1. The Kier molecular flexibility index (Phi) is 6.44. The summed E-state index contributed by atoms with van der Waals surface area (Å²) in [7, 11) is 0. The van der Waals surface area contributed by atoms with Crippen molar-refractivity contribution in [3.05, 3.63) is 36.3 Å². The highest BCUT2D eigenvalue weighted by molar-refractivity contribution is 5.95. The average molecular weight is 529 g/mol. The van der Waals surface area contributed by atoms with Crippen LogP contribution in [0, 0.1) is 0 Å². The summed E-state index contributed by atoms with van der Waals surface area (Å²) in [5, 5.41) is 1.12. The standard InChI is InChI=1S/C29H36N8O2/c1-2-36-24(19-34-13-9-20(10-14-34)37-12-4-7-25(37)38)31-26-28(35-15-17-39-18-16-35)32-27(33-29(26)36)22-5-3-6-23-21(22)8-11-30-23/h3,5-6,8,11,20,30H,2,4,7,9-10,12-19H2,1H3. The Morgan fingerprint density at radius 1 is 1.03 bits per heavy atom. The van der Waals surface area contributed by atoms with Crippen molar-refractivity contribution < 1.29 is 9.53 Å². The molecular formula is C29H36N8O2. The van der Waals surface area contributed by atoms with E-state index in [0.29, 0.717) is 31.6 Å². The number of rotatable bonds is 6. The van der Waals surface area contributed by atoms with E-state index in [1.165, 1.54) is 0 Å². The van der Waals surface area contributed by atoms with Crippen molar-refractivity contribution >= 4 is 33.8 Å². The van der Waals surface area contributed by atoms with Crippen LogP contribution in [0.25, 0.3) is 33.5 Å². The smallest absolute Gasteiger partial charge is 0.222 e. The molecule has 0 saturated carbocycles. The van der Waals surface area contributed by atoms with Crippen LogP contribution in [0.3, 0.4) is 0 Å². The molecule has 39 heavy (non-hydrogen) atoms. The molecule has 6 heterocycles. The molecule has 10 nitrogen and oxygen atoms in total. The monoisotopic (exact) mass is 528 g/mol. The van der Waals surface area contributed by atoms with Crippen molar-refractivity contribution in [2.24, 2.45) is 0 Å².